The van der Waals surface area contributed by atoms with Crippen LogP contribution < -0.4 is 5.32 Å². The normalized spacial score (nSPS) is 12.7. The van der Waals surface area contributed by atoms with E-state index in [9.17, 15) is 9.18 Å². The highest BCUT2D eigenvalue weighted by Crippen LogP contribution is 2.23. The Morgan fingerprint density at radius 3 is 2.30 bits per heavy atom. The molecule has 1 amide bonds. The molecule has 0 fully saturated rings. The molecule has 1 aromatic heterocycles. The van der Waals surface area contributed by atoms with Crippen molar-refractivity contribution < 1.29 is 13.6 Å². The van der Waals surface area contributed by atoms with Crippen LogP contribution in [0.5, 0.6) is 0 Å². The minimum atomic E-state index is -0.317. The SMILES string of the molecule is CCC(C)N(Cc1ccc(C(C)(C)C)cc1)Cc1nc(C(=O)NCc2ccc(F)cc2)co1. The first-order valence-electron chi connectivity index (χ1n) is 11.5. The smallest absolute Gasteiger partial charge is 0.273 e. The Labute approximate surface area is 196 Å². The van der Waals surface area contributed by atoms with E-state index in [-0.39, 0.29) is 22.8 Å². The molecule has 3 rings (SSSR count). The van der Waals surface area contributed by atoms with Gasteiger partial charge in [0.15, 0.2) is 5.69 Å². The third-order valence-electron chi connectivity index (χ3n) is 5.91. The van der Waals surface area contributed by atoms with E-state index < -0.39 is 0 Å². The van der Waals surface area contributed by atoms with Gasteiger partial charge >= 0.3 is 0 Å². The number of amides is 1. The van der Waals surface area contributed by atoms with E-state index in [2.05, 4.69) is 74.1 Å². The maximum atomic E-state index is 13.0. The first kappa shape index (κ1) is 24.6. The van der Waals surface area contributed by atoms with Gasteiger partial charge in [-0.1, -0.05) is 64.1 Å². The van der Waals surface area contributed by atoms with Gasteiger partial charge in [0.1, 0.15) is 12.1 Å². The zero-order valence-corrected chi connectivity index (χ0v) is 20.2. The maximum absolute atomic E-state index is 13.0. The number of hydrogen-bond donors (Lipinski definition) is 1. The molecule has 0 saturated heterocycles. The Morgan fingerprint density at radius 2 is 1.70 bits per heavy atom. The monoisotopic (exact) mass is 451 g/mol. The molecule has 0 spiro atoms. The van der Waals surface area contributed by atoms with Crippen LogP contribution in [0, 0.1) is 5.82 Å². The second kappa shape index (κ2) is 10.8. The average molecular weight is 452 g/mol. The second-order valence-corrected chi connectivity index (χ2v) is 9.54. The highest BCUT2D eigenvalue weighted by atomic mass is 19.1. The summed E-state index contributed by atoms with van der Waals surface area (Å²) in [5, 5.41) is 2.79. The fourth-order valence-electron chi connectivity index (χ4n) is 3.51. The van der Waals surface area contributed by atoms with Crippen molar-refractivity contribution in [2.75, 3.05) is 0 Å². The molecule has 5 nitrogen and oxygen atoms in total. The predicted molar refractivity (Wildman–Crippen MR) is 128 cm³/mol. The van der Waals surface area contributed by atoms with Crippen LogP contribution in [0.15, 0.2) is 59.2 Å². The molecule has 0 saturated carbocycles. The Bertz CT molecular complexity index is 1040. The molecule has 1 N–H and O–H groups in total. The van der Waals surface area contributed by atoms with Crippen LogP contribution in [0.3, 0.4) is 0 Å². The number of oxazole rings is 1. The molecule has 0 aliphatic rings. The van der Waals surface area contributed by atoms with Gasteiger partial charge in [-0.05, 0) is 47.6 Å². The van der Waals surface area contributed by atoms with E-state index in [1.165, 1.54) is 29.5 Å². The van der Waals surface area contributed by atoms with Crippen molar-refractivity contribution in [3.8, 4) is 0 Å². The van der Waals surface area contributed by atoms with E-state index in [4.69, 9.17) is 4.42 Å². The van der Waals surface area contributed by atoms with E-state index in [1.54, 1.807) is 12.1 Å². The van der Waals surface area contributed by atoms with Crippen molar-refractivity contribution in [3.05, 3.63) is 88.9 Å². The van der Waals surface area contributed by atoms with Crippen molar-refractivity contribution in [2.24, 2.45) is 0 Å². The number of aromatic nitrogens is 1. The predicted octanol–water partition coefficient (Wildman–Crippen LogP) is 5.84. The lowest BCUT2D eigenvalue weighted by atomic mass is 9.87. The van der Waals surface area contributed by atoms with E-state index in [1.807, 2.05) is 0 Å². The minimum Gasteiger partial charge on any atom is -0.447 e. The quantitative estimate of drug-likeness (QED) is 0.444. The number of halogens is 1. The van der Waals surface area contributed by atoms with Gasteiger partial charge in [-0.15, -0.1) is 0 Å². The summed E-state index contributed by atoms with van der Waals surface area (Å²) in [7, 11) is 0. The zero-order valence-electron chi connectivity index (χ0n) is 20.2. The summed E-state index contributed by atoms with van der Waals surface area (Å²) >= 11 is 0. The summed E-state index contributed by atoms with van der Waals surface area (Å²) in [6.07, 6.45) is 2.38. The molecule has 0 radical (unpaired) electrons. The van der Waals surface area contributed by atoms with Crippen LogP contribution in [0.2, 0.25) is 0 Å². The van der Waals surface area contributed by atoms with Gasteiger partial charge in [-0.3, -0.25) is 9.69 Å². The van der Waals surface area contributed by atoms with Crippen molar-refractivity contribution in [2.45, 2.75) is 72.1 Å². The first-order valence-corrected chi connectivity index (χ1v) is 11.5. The largest absolute Gasteiger partial charge is 0.447 e. The van der Waals surface area contributed by atoms with Crippen LogP contribution >= 0.6 is 0 Å². The van der Waals surface area contributed by atoms with Crippen molar-refractivity contribution in [3.63, 3.8) is 0 Å². The minimum absolute atomic E-state index is 0.126. The summed E-state index contributed by atoms with van der Waals surface area (Å²) in [4.78, 5) is 19.2. The molecular formula is C27H34FN3O2. The molecule has 33 heavy (non-hydrogen) atoms. The molecule has 6 heteroatoms. The fourth-order valence-corrected chi connectivity index (χ4v) is 3.51. The number of rotatable bonds is 9. The van der Waals surface area contributed by atoms with Crippen LogP contribution in [0.4, 0.5) is 4.39 Å². The number of nitrogens with zero attached hydrogens (tertiary/aromatic N) is 2. The lowest BCUT2D eigenvalue weighted by Crippen LogP contribution is -2.32. The lowest BCUT2D eigenvalue weighted by molar-refractivity contribution is 0.0945. The van der Waals surface area contributed by atoms with Gasteiger partial charge in [0.05, 0.1) is 6.54 Å². The molecule has 3 aromatic rings. The molecule has 0 aliphatic heterocycles. The van der Waals surface area contributed by atoms with Gasteiger partial charge in [-0.25, -0.2) is 9.37 Å². The maximum Gasteiger partial charge on any atom is 0.273 e. The number of carbonyl (C=O) groups excluding carboxylic acids is 1. The molecular weight excluding hydrogens is 417 g/mol. The Kier molecular flexibility index (Phi) is 8.03. The van der Waals surface area contributed by atoms with Crippen molar-refractivity contribution in [1.82, 2.24) is 15.2 Å². The fraction of sp³-hybridized carbons (Fsp3) is 0.407. The first-order chi connectivity index (χ1) is 15.7. The topological polar surface area (TPSA) is 58.4 Å². The van der Waals surface area contributed by atoms with E-state index in [0.717, 1.165) is 18.5 Å². The van der Waals surface area contributed by atoms with Crippen LogP contribution in [0.1, 0.15) is 74.1 Å². The Balaban J connectivity index is 1.62. The number of benzene rings is 2. The van der Waals surface area contributed by atoms with Gasteiger partial charge in [-0.2, -0.15) is 0 Å². The molecule has 0 bridgehead atoms. The molecule has 1 unspecified atom stereocenters. The van der Waals surface area contributed by atoms with Gasteiger partial charge in [0.25, 0.3) is 5.91 Å². The average Bonchev–Trinajstić information content (AvgIpc) is 3.26. The van der Waals surface area contributed by atoms with Gasteiger partial charge in [0, 0.05) is 19.1 Å². The standard InChI is InChI=1S/C27H34FN3O2/c1-6-19(2)31(16-21-7-11-22(12-8-21)27(3,4)5)17-25-30-24(18-33-25)26(32)29-15-20-9-13-23(28)14-10-20/h7-14,18-19H,6,15-17H2,1-5H3,(H,29,32). The van der Waals surface area contributed by atoms with Crippen LogP contribution in [-0.2, 0) is 25.0 Å². The number of hydrogen-bond acceptors (Lipinski definition) is 4. The summed E-state index contributed by atoms with van der Waals surface area (Å²) in [5.74, 6) is -0.113. The van der Waals surface area contributed by atoms with Crippen molar-refractivity contribution >= 4 is 5.91 Å². The highest BCUT2D eigenvalue weighted by Gasteiger charge is 2.19. The van der Waals surface area contributed by atoms with Crippen LogP contribution in [-0.4, -0.2) is 21.8 Å². The second-order valence-electron chi connectivity index (χ2n) is 9.54. The summed E-state index contributed by atoms with van der Waals surface area (Å²) < 4.78 is 18.6. The molecule has 0 aliphatic carbocycles. The van der Waals surface area contributed by atoms with E-state index in [0.29, 0.717) is 25.0 Å². The summed E-state index contributed by atoms with van der Waals surface area (Å²) in [6, 6.07) is 15.1. The highest BCUT2D eigenvalue weighted by molar-refractivity contribution is 5.91. The summed E-state index contributed by atoms with van der Waals surface area (Å²) in [6.45, 7) is 12.6. The summed E-state index contributed by atoms with van der Waals surface area (Å²) in [5.41, 5.74) is 3.72. The number of carbonyl (C=O) groups is 1. The lowest BCUT2D eigenvalue weighted by Gasteiger charge is -2.27. The third kappa shape index (κ3) is 6.99. The number of nitrogens with one attached hydrogen (secondary N) is 1. The molecule has 1 heterocycles. The van der Waals surface area contributed by atoms with Gasteiger partial charge < -0.3 is 9.73 Å². The van der Waals surface area contributed by atoms with Crippen molar-refractivity contribution in [1.29, 1.82) is 0 Å². The zero-order chi connectivity index (χ0) is 24.0. The molecule has 176 valence electrons. The van der Waals surface area contributed by atoms with Crippen LogP contribution in [0.25, 0.3) is 0 Å². The third-order valence-corrected chi connectivity index (χ3v) is 5.91. The Morgan fingerprint density at radius 1 is 1.06 bits per heavy atom. The van der Waals surface area contributed by atoms with E-state index >= 15 is 0 Å². The Hall–Kier alpha value is -2.99. The van der Waals surface area contributed by atoms with Gasteiger partial charge in [0.2, 0.25) is 5.89 Å². The molecule has 2 aromatic carbocycles. The molecule has 1 atom stereocenters.